The molecule has 27 heavy (non-hydrogen) atoms. The Balaban J connectivity index is 2.20. The molecule has 1 aromatic carbocycles. The first kappa shape index (κ1) is 21.1. The maximum atomic E-state index is 12.1. The summed E-state index contributed by atoms with van der Waals surface area (Å²) in [5.41, 5.74) is 1.97. The highest BCUT2D eigenvalue weighted by molar-refractivity contribution is 7.80. The number of ether oxygens (including phenoxy) is 2. The summed E-state index contributed by atoms with van der Waals surface area (Å²) in [6.07, 6.45) is 0.390. The van der Waals surface area contributed by atoms with Crippen LogP contribution in [0, 0.1) is 5.92 Å². The minimum Gasteiger partial charge on any atom is -0.462 e. The van der Waals surface area contributed by atoms with Gasteiger partial charge < -0.3 is 25.0 Å². The monoisotopic (exact) mass is 393 g/mol. The number of anilines is 2. The number of morpholine rings is 1. The molecule has 1 aliphatic heterocycles. The highest BCUT2D eigenvalue weighted by Crippen LogP contribution is 2.28. The predicted octanol–water partition coefficient (Wildman–Crippen LogP) is 2.56. The number of amides is 1. The van der Waals surface area contributed by atoms with Crippen molar-refractivity contribution in [2.75, 3.05) is 43.1 Å². The maximum Gasteiger partial charge on any atom is 0.338 e. The second kappa shape index (κ2) is 10.2. The first-order chi connectivity index (χ1) is 12.9. The van der Waals surface area contributed by atoms with Gasteiger partial charge in [0.05, 0.1) is 36.8 Å². The number of hydrogen-bond donors (Lipinski definition) is 2. The van der Waals surface area contributed by atoms with Gasteiger partial charge in [0.25, 0.3) is 0 Å². The first-order valence-electron chi connectivity index (χ1n) is 9.15. The number of thiocarbonyl (C=S) groups is 1. The van der Waals surface area contributed by atoms with Crippen LogP contribution in [0.15, 0.2) is 18.2 Å². The van der Waals surface area contributed by atoms with Crippen molar-refractivity contribution in [3.63, 3.8) is 0 Å². The number of esters is 1. The molecular weight excluding hydrogens is 366 g/mol. The van der Waals surface area contributed by atoms with E-state index < -0.39 is 5.97 Å². The fourth-order valence-electron chi connectivity index (χ4n) is 2.76. The van der Waals surface area contributed by atoms with Crippen LogP contribution in [0.4, 0.5) is 11.4 Å². The molecule has 1 amide bonds. The minimum absolute atomic E-state index is 0.142. The lowest BCUT2D eigenvalue weighted by Crippen LogP contribution is -2.38. The van der Waals surface area contributed by atoms with Gasteiger partial charge in [-0.1, -0.05) is 13.8 Å². The molecule has 1 aliphatic rings. The second-order valence-corrected chi connectivity index (χ2v) is 7.06. The Kier molecular flexibility index (Phi) is 7.99. The van der Waals surface area contributed by atoms with Crippen molar-refractivity contribution in [1.29, 1.82) is 0 Å². The molecule has 0 radical (unpaired) electrons. The van der Waals surface area contributed by atoms with Crippen molar-refractivity contribution < 1.29 is 19.1 Å². The van der Waals surface area contributed by atoms with E-state index in [9.17, 15) is 9.59 Å². The molecule has 7 nitrogen and oxygen atoms in total. The Morgan fingerprint density at radius 1 is 1.30 bits per heavy atom. The van der Waals surface area contributed by atoms with Crippen LogP contribution in [0.3, 0.4) is 0 Å². The van der Waals surface area contributed by atoms with E-state index >= 15 is 0 Å². The van der Waals surface area contributed by atoms with Gasteiger partial charge in [-0.25, -0.2) is 4.79 Å². The van der Waals surface area contributed by atoms with Crippen molar-refractivity contribution in [3.8, 4) is 0 Å². The highest BCUT2D eigenvalue weighted by Gasteiger charge is 2.18. The zero-order valence-corrected chi connectivity index (χ0v) is 16.9. The largest absolute Gasteiger partial charge is 0.462 e. The fourth-order valence-corrected chi connectivity index (χ4v) is 2.98. The standard InChI is InChI=1S/C19H27N3O4S/c1-4-26-18(24)14-5-6-16(22-7-9-25-10-8-22)15(12-14)20-19(27)21-17(23)11-13(2)3/h5-6,12-13H,4,7-11H2,1-3H3,(H2,20,21,23,27). The van der Waals surface area contributed by atoms with E-state index in [4.69, 9.17) is 21.7 Å². The number of hydrogen-bond acceptors (Lipinski definition) is 6. The van der Waals surface area contributed by atoms with Crippen LogP contribution < -0.4 is 15.5 Å². The number of rotatable bonds is 6. The Morgan fingerprint density at radius 3 is 2.63 bits per heavy atom. The molecule has 8 heteroatoms. The summed E-state index contributed by atoms with van der Waals surface area (Å²) in [7, 11) is 0. The van der Waals surface area contributed by atoms with E-state index in [-0.39, 0.29) is 16.9 Å². The Hall–Kier alpha value is -2.19. The lowest BCUT2D eigenvalue weighted by atomic mass is 10.1. The average molecular weight is 394 g/mol. The van der Waals surface area contributed by atoms with Gasteiger partial charge in [0.15, 0.2) is 5.11 Å². The quantitative estimate of drug-likeness (QED) is 0.568. The van der Waals surface area contributed by atoms with Crippen molar-refractivity contribution in [2.45, 2.75) is 27.2 Å². The average Bonchev–Trinajstić information content (AvgIpc) is 2.61. The first-order valence-corrected chi connectivity index (χ1v) is 9.56. The Morgan fingerprint density at radius 2 is 2.00 bits per heavy atom. The molecule has 1 heterocycles. The van der Waals surface area contributed by atoms with E-state index in [1.165, 1.54) is 0 Å². The summed E-state index contributed by atoms with van der Waals surface area (Å²) in [4.78, 5) is 26.2. The van der Waals surface area contributed by atoms with Crippen LogP contribution in [-0.4, -0.2) is 49.9 Å². The van der Waals surface area contributed by atoms with Gasteiger partial charge in [-0.15, -0.1) is 0 Å². The van der Waals surface area contributed by atoms with Gasteiger partial charge >= 0.3 is 5.97 Å². The minimum atomic E-state index is -0.399. The van der Waals surface area contributed by atoms with Crippen molar-refractivity contribution in [2.24, 2.45) is 5.92 Å². The van der Waals surface area contributed by atoms with Gasteiger partial charge in [0, 0.05) is 19.5 Å². The topological polar surface area (TPSA) is 79.9 Å². The molecule has 0 aliphatic carbocycles. The van der Waals surface area contributed by atoms with Gasteiger partial charge in [-0.2, -0.15) is 0 Å². The zero-order valence-electron chi connectivity index (χ0n) is 16.0. The van der Waals surface area contributed by atoms with Gasteiger partial charge in [0.1, 0.15) is 0 Å². The van der Waals surface area contributed by atoms with E-state index in [0.717, 1.165) is 18.8 Å². The summed E-state index contributed by atoms with van der Waals surface area (Å²) in [5, 5.41) is 5.95. The SMILES string of the molecule is CCOC(=O)c1ccc(N2CCOCC2)c(NC(=S)NC(=O)CC(C)C)c1. The lowest BCUT2D eigenvalue weighted by molar-refractivity contribution is -0.120. The third-order valence-electron chi connectivity index (χ3n) is 3.95. The lowest BCUT2D eigenvalue weighted by Gasteiger charge is -2.31. The van der Waals surface area contributed by atoms with Gasteiger partial charge in [0.2, 0.25) is 5.91 Å². The summed E-state index contributed by atoms with van der Waals surface area (Å²) in [6, 6.07) is 5.29. The van der Waals surface area contributed by atoms with E-state index in [2.05, 4.69) is 15.5 Å². The third kappa shape index (κ3) is 6.48. The number of carbonyl (C=O) groups excluding carboxylic acids is 2. The number of nitrogens with one attached hydrogen (secondary N) is 2. The number of nitrogens with zero attached hydrogens (tertiary/aromatic N) is 1. The molecule has 0 spiro atoms. The van der Waals surface area contributed by atoms with Crippen LogP contribution in [0.1, 0.15) is 37.6 Å². The molecule has 148 valence electrons. The van der Waals surface area contributed by atoms with Crippen LogP contribution in [0.2, 0.25) is 0 Å². The molecule has 2 rings (SSSR count). The predicted molar refractivity (Wildman–Crippen MR) is 109 cm³/mol. The molecule has 1 saturated heterocycles. The van der Waals surface area contributed by atoms with E-state index in [0.29, 0.717) is 37.5 Å². The van der Waals surface area contributed by atoms with Crippen molar-refractivity contribution >= 4 is 40.6 Å². The molecule has 0 bridgehead atoms. The molecule has 2 N–H and O–H groups in total. The maximum absolute atomic E-state index is 12.1. The van der Waals surface area contributed by atoms with Gasteiger partial charge in [-0.05, 0) is 43.3 Å². The van der Waals surface area contributed by atoms with Crippen LogP contribution in [-0.2, 0) is 14.3 Å². The third-order valence-corrected chi connectivity index (χ3v) is 4.16. The number of carbonyl (C=O) groups is 2. The molecule has 1 fully saturated rings. The summed E-state index contributed by atoms with van der Waals surface area (Å²) >= 11 is 5.28. The van der Waals surface area contributed by atoms with Crippen LogP contribution >= 0.6 is 12.2 Å². The second-order valence-electron chi connectivity index (χ2n) is 6.65. The highest BCUT2D eigenvalue weighted by atomic mass is 32.1. The normalized spacial score (nSPS) is 14.0. The smallest absolute Gasteiger partial charge is 0.338 e. The summed E-state index contributed by atoms with van der Waals surface area (Å²) in [5.74, 6) is -0.301. The Labute approximate surface area is 165 Å². The van der Waals surface area contributed by atoms with Crippen LogP contribution in [0.5, 0.6) is 0 Å². The summed E-state index contributed by atoms with van der Waals surface area (Å²) < 4.78 is 10.5. The molecule has 0 atom stereocenters. The van der Waals surface area contributed by atoms with Crippen molar-refractivity contribution in [3.05, 3.63) is 23.8 Å². The summed E-state index contributed by atoms with van der Waals surface area (Å²) in [6.45, 7) is 8.74. The number of benzene rings is 1. The molecule has 0 saturated carbocycles. The fraction of sp³-hybridized carbons (Fsp3) is 0.526. The van der Waals surface area contributed by atoms with E-state index in [1.54, 1.807) is 19.1 Å². The Bertz CT molecular complexity index is 688. The zero-order chi connectivity index (χ0) is 19.8. The molecule has 0 aromatic heterocycles. The van der Waals surface area contributed by atoms with Crippen LogP contribution in [0.25, 0.3) is 0 Å². The van der Waals surface area contributed by atoms with Crippen molar-refractivity contribution in [1.82, 2.24) is 5.32 Å². The molecule has 0 unspecified atom stereocenters. The van der Waals surface area contributed by atoms with E-state index in [1.807, 2.05) is 19.9 Å². The molecule has 1 aromatic rings. The van der Waals surface area contributed by atoms with Gasteiger partial charge in [-0.3, -0.25) is 4.79 Å². The molecular formula is C19H27N3O4S.